The zero-order valence-electron chi connectivity index (χ0n) is 13.1. The third-order valence-corrected chi connectivity index (χ3v) is 6.74. The molecular formula is C19H25NO. The average Bonchev–Trinajstić information content (AvgIpc) is 2.83. The van der Waals surface area contributed by atoms with Gasteiger partial charge in [-0.05, 0) is 74.3 Å². The van der Waals surface area contributed by atoms with Gasteiger partial charge >= 0.3 is 0 Å². The van der Waals surface area contributed by atoms with Crippen LogP contribution in [-0.2, 0) is 6.42 Å². The van der Waals surface area contributed by atoms with Crippen LogP contribution in [0.3, 0.4) is 0 Å². The van der Waals surface area contributed by atoms with Crippen LogP contribution in [0.2, 0.25) is 0 Å². The first-order chi connectivity index (χ1) is 10.1. The Kier molecular flexibility index (Phi) is 2.92. The summed E-state index contributed by atoms with van der Waals surface area (Å²) in [5.41, 5.74) is 5.84. The summed E-state index contributed by atoms with van der Waals surface area (Å²) in [5, 5.41) is 13.0. The van der Waals surface area contributed by atoms with Crippen LogP contribution in [0, 0.1) is 24.2 Å². The molecule has 1 aromatic carbocycles. The van der Waals surface area contributed by atoms with E-state index in [0.717, 1.165) is 29.9 Å². The predicted octanol–water partition coefficient (Wildman–Crippen LogP) is 4.68. The topological polar surface area (TPSA) is 32.6 Å². The van der Waals surface area contributed by atoms with Crippen molar-refractivity contribution < 1.29 is 5.21 Å². The third kappa shape index (κ3) is 1.81. The van der Waals surface area contributed by atoms with Crippen molar-refractivity contribution in [2.75, 3.05) is 0 Å². The first-order valence-corrected chi connectivity index (χ1v) is 8.44. The van der Waals surface area contributed by atoms with Crippen molar-refractivity contribution in [3.8, 4) is 0 Å². The summed E-state index contributed by atoms with van der Waals surface area (Å²) in [6.07, 6.45) is 7.22. The lowest BCUT2D eigenvalue weighted by atomic mass is 9.55. The highest BCUT2D eigenvalue weighted by molar-refractivity contribution is 5.92. The Balaban J connectivity index is 1.72. The summed E-state index contributed by atoms with van der Waals surface area (Å²) in [6.45, 7) is 4.55. The smallest absolute Gasteiger partial charge is 0.0632 e. The molecule has 3 unspecified atom stereocenters. The van der Waals surface area contributed by atoms with Gasteiger partial charge in [0.05, 0.1) is 5.71 Å². The van der Waals surface area contributed by atoms with Gasteiger partial charge in [0.15, 0.2) is 0 Å². The summed E-state index contributed by atoms with van der Waals surface area (Å²) in [7, 11) is 0. The molecular weight excluding hydrogens is 258 g/mol. The largest absolute Gasteiger partial charge is 0.411 e. The second-order valence-electron chi connectivity index (χ2n) is 7.66. The summed E-state index contributed by atoms with van der Waals surface area (Å²) in [4.78, 5) is 0. The molecule has 112 valence electrons. The van der Waals surface area contributed by atoms with E-state index in [0.29, 0.717) is 0 Å². The standard InChI is InChI=1S/C19H25NO/c1-12-3-5-14-13(11-12)4-6-16-15(14)9-10-19(2)17(16)7-8-18(19)20-21/h3,5,11,15-17,21H,4,6-10H2,1-2H3/t15?,16?,17?,19-/m0/s1. The molecule has 4 rings (SSSR count). The minimum Gasteiger partial charge on any atom is -0.411 e. The fourth-order valence-corrected chi connectivity index (χ4v) is 5.66. The van der Waals surface area contributed by atoms with Gasteiger partial charge in [-0.25, -0.2) is 0 Å². The predicted molar refractivity (Wildman–Crippen MR) is 85.0 cm³/mol. The minimum absolute atomic E-state index is 0.165. The highest BCUT2D eigenvalue weighted by Gasteiger charge is 2.53. The van der Waals surface area contributed by atoms with Crippen molar-refractivity contribution >= 4 is 5.71 Å². The van der Waals surface area contributed by atoms with E-state index in [-0.39, 0.29) is 5.41 Å². The molecule has 2 nitrogen and oxygen atoms in total. The molecule has 0 aliphatic heterocycles. The van der Waals surface area contributed by atoms with Gasteiger partial charge in [-0.15, -0.1) is 0 Å². The van der Waals surface area contributed by atoms with Crippen molar-refractivity contribution in [3.05, 3.63) is 34.9 Å². The molecule has 0 amide bonds. The minimum atomic E-state index is 0.165. The van der Waals surface area contributed by atoms with Crippen LogP contribution in [0.25, 0.3) is 0 Å². The molecule has 1 aromatic rings. The van der Waals surface area contributed by atoms with Crippen LogP contribution >= 0.6 is 0 Å². The van der Waals surface area contributed by atoms with Gasteiger partial charge in [0.25, 0.3) is 0 Å². The number of hydrogen-bond acceptors (Lipinski definition) is 2. The Morgan fingerprint density at radius 3 is 2.86 bits per heavy atom. The van der Waals surface area contributed by atoms with Crippen molar-refractivity contribution in [1.29, 1.82) is 0 Å². The van der Waals surface area contributed by atoms with Gasteiger partial charge in [-0.2, -0.15) is 0 Å². The van der Waals surface area contributed by atoms with Crippen LogP contribution in [0.4, 0.5) is 0 Å². The molecule has 2 heteroatoms. The number of rotatable bonds is 0. The van der Waals surface area contributed by atoms with Crippen LogP contribution in [-0.4, -0.2) is 10.9 Å². The molecule has 0 radical (unpaired) electrons. The lowest BCUT2D eigenvalue weighted by Gasteiger charge is -2.49. The van der Waals surface area contributed by atoms with E-state index in [4.69, 9.17) is 0 Å². The second kappa shape index (κ2) is 4.59. The van der Waals surface area contributed by atoms with Crippen molar-refractivity contribution in [2.24, 2.45) is 22.4 Å². The molecule has 0 spiro atoms. The fraction of sp³-hybridized carbons (Fsp3) is 0.632. The quantitative estimate of drug-likeness (QED) is 0.544. The van der Waals surface area contributed by atoms with Crippen molar-refractivity contribution in [1.82, 2.24) is 0 Å². The SMILES string of the molecule is Cc1ccc2c(c1)CCC1C2CC[C@]2(C)C(=NO)CCC12. The molecule has 21 heavy (non-hydrogen) atoms. The maximum absolute atomic E-state index is 9.34. The molecule has 0 saturated heterocycles. The Morgan fingerprint density at radius 1 is 1.19 bits per heavy atom. The molecule has 0 bridgehead atoms. The molecule has 2 fully saturated rings. The number of hydrogen-bond donors (Lipinski definition) is 1. The first kappa shape index (κ1) is 13.4. The first-order valence-electron chi connectivity index (χ1n) is 8.44. The molecule has 3 aliphatic carbocycles. The van der Waals surface area contributed by atoms with Gasteiger partial charge < -0.3 is 5.21 Å². The normalized spacial score (nSPS) is 39.7. The fourth-order valence-electron chi connectivity index (χ4n) is 5.66. The average molecular weight is 283 g/mol. The van der Waals surface area contributed by atoms with Crippen LogP contribution < -0.4 is 0 Å². The van der Waals surface area contributed by atoms with Gasteiger partial charge in [0.2, 0.25) is 0 Å². The molecule has 0 heterocycles. The molecule has 1 N–H and O–H groups in total. The Bertz CT molecular complexity index is 606. The molecule has 0 aromatic heterocycles. The Hall–Kier alpha value is -1.31. The maximum Gasteiger partial charge on any atom is 0.0632 e. The highest BCUT2D eigenvalue weighted by Crippen LogP contribution is 2.59. The van der Waals surface area contributed by atoms with Gasteiger partial charge in [-0.3, -0.25) is 0 Å². The Morgan fingerprint density at radius 2 is 2.05 bits per heavy atom. The van der Waals surface area contributed by atoms with Crippen LogP contribution in [0.15, 0.2) is 23.4 Å². The van der Waals surface area contributed by atoms with E-state index >= 15 is 0 Å². The Labute approximate surface area is 127 Å². The summed E-state index contributed by atoms with van der Waals surface area (Å²) >= 11 is 0. The summed E-state index contributed by atoms with van der Waals surface area (Å²) in [5.74, 6) is 2.25. The zero-order valence-corrected chi connectivity index (χ0v) is 13.1. The molecule has 4 atom stereocenters. The third-order valence-electron chi connectivity index (χ3n) is 6.74. The van der Waals surface area contributed by atoms with Crippen molar-refractivity contribution in [2.45, 2.75) is 58.3 Å². The number of oxime groups is 1. The number of benzene rings is 1. The van der Waals surface area contributed by atoms with Gasteiger partial charge in [0, 0.05) is 5.41 Å². The highest BCUT2D eigenvalue weighted by atomic mass is 16.4. The summed E-state index contributed by atoms with van der Waals surface area (Å²) < 4.78 is 0. The van der Waals surface area contributed by atoms with Crippen LogP contribution in [0.1, 0.15) is 61.6 Å². The van der Waals surface area contributed by atoms with E-state index < -0.39 is 0 Å². The zero-order chi connectivity index (χ0) is 14.6. The monoisotopic (exact) mass is 283 g/mol. The maximum atomic E-state index is 9.34. The van der Waals surface area contributed by atoms with Crippen LogP contribution in [0.5, 0.6) is 0 Å². The summed E-state index contributed by atoms with van der Waals surface area (Å²) in [6, 6.07) is 7.07. The van der Waals surface area contributed by atoms with E-state index in [1.54, 1.807) is 11.1 Å². The number of nitrogens with zero attached hydrogens (tertiary/aromatic N) is 1. The molecule has 2 saturated carbocycles. The lowest BCUT2D eigenvalue weighted by molar-refractivity contribution is 0.0938. The molecule has 3 aliphatic rings. The van der Waals surface area contributed by atoms with Gasteiger partial charge in [-0.1, -0.05) is 35.8 Å². The van der Waals surface area contributed by atoms with E-state index in [1.165, 1.54) is 37.7 Å². The lowest BCUT2D eigenvalue weighted by Crippen LogP contribution is -2.42. The number of aryl methyl sites for hydroxylation is 2. The second-order valence-corrected chi connectivity index (χ2v) is 7.66. The van der Waals surface area contributed by atoms with E-state index in [2.05, 4.69) is 37.2 Å². The van der Waals surface area contributed by atoms with E-state index in [9.17, 15) is 5.21 Å². The number of fused-ring (bicyclic) bond motifs is 5. The van der Waals surface area contributed by atoms with E-state index in [1.807, 2.05) is 0 Å². The van der Waals surface area contributed by atoms with Crippen molar-refractivity contribution in [3.63, 3.8) is 0 Å². The van der Waals surface area contributed by atoms with Gasteiger partial charge in [0.1, 0.15) is 0 Å².